The Morgan fingerprint density at radius 1 is 0.897 bits per heavy atom. The van der Waals surface area contributed by atoms with Gasteiger partial charge in [0.05, 0.1) is 16.9 Å². The van der Waals surface area contributed by atoms with E-state index in [0.717, 1.165) is 32.6 Å². The summed E-state index contributed by atoms with van der Waals surface area (Å²) in [6.07, 6.45) is -0.869. The summed E-state index contributed by atoms with van der Waals surface area (Å²) in [5, 5.41) is 12.3. The van der Waals surface area contributed by atoms with Crippen molar-refractivity contribution in [1.82, 2.24) is 4.98 Å². The van der Waals surface area contributed by atoms with Gasteiger partial charge in [0.1, 0.15) is 29.8 Å². The standard InChI is InChI=1S/C32H30N2O5/c1-20(35)34(21(2)36)26-15-10-24(11-16-26)30-29(31(37)32(3,4)39-30)23-12-17-27(18-13-23)38-19-25-14-9-22-7-5-6-8-28(22)33-25/h5-18,31,37H,19H2,1-4H3. The van der Waals surface area contributed by atoms with Gasteiger partial charge in [0, 0.05) is 30.4 Å². The number of anilines is 1. The van der Waals surface area contributed by atoms with Gasteiger partial charge in [0.25, 0.3) is 0 Å². The highest BCUT2D eigenvalue weighted by molar-refractivity contribution is 6.13. The molecule has 1 aliphatic heterocycles. The first-order valence-corrected chi connectivity index (χ1v) is 12.7. The summed E-state index contributed by atoms with van der Waals surface area (Å²) < 4.78 is 12.2. The zero-order valence-corrected chi connectivity index (χ0v) is 22.3. The van der Waals surface area contributed by atoms with Crippen LogP contribution >= 0.6 is 0 Å². The van der Waals surface area contributed by atoms with Crippen LogP contribution in [0.1, 0.15) is 44.5 Å². The predicted octanol–water partition coefficient (Wildman–Crippen LogP) is 5.75. The zero-order valence-electron chi connectivity index (χ0n) is 22.3. The molecule has 2 heterocycles. The van der Waals surface area contributed by atoms with Crippen LogP contribution in [0, 0.1) is 0 Å². The van der Waals surface area contributed by atoms with Crippen molar-refractivity contribution in [1.29, 1.82) is 0 Å². The van der Waals surface area contributed by atoms with Crippen LogP contribution in [0.25, 0.3) is 22.2 Å². The van der Waals surface area contributed by atoms with Crippen LogP contribution < -0.4 is 9.64 Å². The number of pyridine rings is 1. The molecule has 1 unspecified atom stereocenters. The maximum absolute atomic E-state index is 11.9. The number of imide groups is 1. The summed E-state index contributed by atoms with van der Waals surface area (Å²) in [6.45, 7) is 6.70. The second-order valence-corrected chi connectivity index (χ2v) is 10.1. The Balaban J connectivity index is 1.39. The largest absolute Gasteiger partial charge is 0.487 e. The van der Waals surface area contributed by atoms with Gasteiger partial charge in [-0.3, -0.25) is 14.5 Å². The minimum absolute atomic E-state index is 0.334. The first-order chi connectivity index (χ1) is 18.6. The number of carbonyl (C=O) groups is 2. The summed E-state index contributed by atoms with van der Waals surface area (Å²) in [4.78, 5) is 29.6. The van der Waals surface area contributed by atoms with Crippen LogP contribution in [0.3, 0.4) is 0 Å². The van der Waals surface area contributed by atoms with Crippen molar-refractivity contribution in [2.45, 2.75) is 46.0 Å². The molecule has 0 aliphatic carbocycles. The minimum atomic E-state index is -0.869. The van der Waals surface area contributed by atoms with Gasteiger partial charge in [0.15, 0.2) is 0 Å². The van der Waals surface area contributed by atoms with Gasteiger partial charge in [-0.25, -0.2) is 4.98 Å². The van der Waals surface area contributed by atoms with Gasteiger partial charge < -0.3 is 14.6 Å². The lowest BCUT2D eigenvalue weighted by atomic mass is 9.91. The zero-order chi connectivity index (χ0) is 27.7. The van der Waals surface area contributed by atoms with Crippen LogP contribution in [0.4, 0.5) is 5.69 Å². The number of fused-ring (bicyclic) bond motifs is 1. The van der Waals surface area contributed by atoms with E-state index in [2.05, 4.69) is 4.98 Å². The first kappa shape index (κ1) is 26.1. The number of amides is 2. The third kappa shape index (κ3) is 5.26. The summed E-state index contributed by atoms with van der Waals surface area (Å²) in [5.74, 6) is 0.511. The molecule has 0 fully saturated rings. The van der Waals surface area contributed by atoms with Crippen LogP contribution in [0.15, 0.2) is 84.9 Å². The number of hydrogen-bond donors (Lipinski definition) is 1. The Morgan fingerprint density at radius 3 is 2.21 bits per heavy atom. The number of benzene rings is 3. The van der Waals surface area contributed by atoms with Crippen LogP contribution in [0.5, 0.6) is 5.75 Å². The van der Waals surface area contributed by atoms with Crippen molar-refractivity contribution in [3.05, 3.63) is 102 Å². The molecule has 0 saturated heterocycles. The lowest BCUT2D eigenvalue weighted by Crippen LogP contribution is -2.33. The number of hydrogen-bond acceptors (Lipinski definition) is 6. The van der Waals surface area contributed by atoms with E-state index in [1.807, 2.05) is 74.5 Å². The Bertz CT molecular complexity index is 1560. The molecular weight excluding hydrogens is 492 g/mol. The molecule has 3 aromatic carbocycles. The molecule has 39 heavy (non-hydrogen) atoms. The van der Waals surface area contributed by atoms with Crippen LogP contribution in [-0.2, 0) is 20.9 Å². The van der Waals surface area contributed by atoms with E-state index < -0.39 is 11.7 Å². The number of aliphatic hydroxyl groups is 1. The fourth-order valence-corrected chi connectivity index (χ4v) is 4.77. The molecule has 7 heteroatoms. The highest BCUT2D eigenvalue weighted by Gasteiger charge is 2.43. The van der Waals surface area contributed by atoms with Crippen molar-refractivity contribution in [2.75, 3.05) is 4.90 Å². The van der Waals surface area contributed by atoms with Gasteiger partial charge in [-0.05, 0) is 67.9 Å². The molecular formula is C32H30N2O5. The van der Waals surface area contributed by atoms with Crippen molar-refractivity contribution >= 4 is 39.7 Å². The number of aromatic nitrogens is 1. The number of aliphatic hydroxyl groups excluding tert-OH is 1. The third-order valence-electron chi connectivity index (χ3n) is 6.77. The van der Waals surface area contributed by atoms with E-state index in [9.17, 15) is 14.7 Å². The molecule has 0 spiro atoms. The molecule has 0 saturated carbocycles. The smallest absolute Gasteiger partial charge is 0.230 e. The number of rotatable bonds is 6. The maximum Gasteiger partial charge on any atom is 0.230 e. The average Bonchev–Trinajstić information content (AvgIpc) is 3.16. The Labute approximate surface area is 227 Å². The average molecular weight is 523 g/mol. The maximum atomic E-state index is 11.9. The molecule has 1 aliphatic rings. The van der Waals surface area contributed by atoms with Crippen LogP contribution in [0.2, 0.25) is 0 Å². The highest BCUT2D eigenvalue weighted by Crippen LogP contribution is 2.44. The van der Waals surface area contributed by atoms with E-state index >= 15 is 0 Å². The van der Waals surface area contributed by atoms with E-state index in [-0.39, 0.29) is 11.8 Å². The highest BCUT2D eigenvalue weighted by atomic mass is 16.5. The molecule has 0 bridgehead atoms. The monoisotopic (exact) mass is 522 g/mol. The molecule has 7 nitrogen and oxygen atoms in total. The molecule has 1 aromatic heterocycles. The minimum Gasteiger partial charge on any atom is -0.487 e. The second kappa shape index (κ2) is 10.3. The van der Waals surface area contributed by atoms with Gasteiger partial charge in [-0.2, -0.15) is 0 Å². The molecule has 1 atom stereocenters. The van der Waals surface area contributed by atoms with E-state index in [1.54, 1.807) is 24.3 Å². The van der Waals surface area contributed by atoms with Gasteiger partial charge >= 0.3 is 0 Å². The SMILES string of the molecule is CC(=O)N(C(C)=O)c1ccc(C2=C(c3ccc(OCc4ccc5ccccc5n4)cc3)C(O)C(C)(C)O2)cc1. The van der Waals surface area contributed by atoms with E-state index in [4.69, 9.17) is 9.47 Å². The van der Waals surface area contributed by atoms with Crippen molar-refractivity contribution in [3.8, 4) is 5.75 Å². The molecule has 198 valence electrons. The first-order valence-electron chi connectivity index (χ1n) is 12.7. The molecule has 0 radical (unpaired) electrons. The lowest BCUT2D eigenvalue weighted by molar-refractivity contribution is -0.124. The quantitative estimate of drug-likeness (QED) is 0.347. The van der Waals surface area contributed by atoms with Crippen molar-refractivity contribution < 1.29 is 24.2 Å². The van der Waals surface area contributed by atoms with E-state index in [0.29, 0.717) is 29.4 Å². The fourth-order valence-electron chi connectivity index (χ4n) is 4.77. The fraction of sp³-hybridized carbons (Fsp3) is 0.219. The predicted molar refractivity (Wildman–Crippen MR) is 151 cm³/mol. The van der Waals surface area contributed by atoms with Gasteiger partial charge in [0.2, 0.25) is 11.8 Å². The summed E-state index contributed by atoms with van der Waals surface area (Å²) in [5.41, 5.74) is 3.58. The van der Waals surface area contributed by atoms with E-state index in [1.165, 1.54) is 13.8 Å². The molecule has 2 amide bonds. The normalized spacial score (nSPS) is 16.2. The molecule has 1 N–H and O–H groups in total. The number of carbonyl (C=O) groups excluding carboxylic acids is 2. The van der Waals surface area contributed by atoms with Gasteiger partial charge in [-0.15, -0.1) is 0 Å². The van der Waals surface area contributed by atoms with Crippen molar-refractivity contribution in [2.24, 2.45) is 0 Å². The lowest BCUT2D eigenvalue weighted by Gasteiger charge is -2.24. The van der Waals surface area contributed by atoms with Crippen LogP contribution in [-0.4, -0.2) is 33.6 Å². The number of ether oxygens (including phenoxy) is 2. The summed E-state index contributed by atoms with van der Waals surface area (Å²) >= 11 is 0. The molecule has 4 aromatic rings. The number of nitrogens with zero attached hydrogens (tertiary/aromatic N) is 2. The number of para-hydroxylation sites is 1. The summed E-state index contributed by atoms with van der Waals surface area (Å²) in [6, 6.07) is 26.4. The van der Waals surface area contributed by atoms with Crippen molar-refractivity contribution in [3.63, 3.8) is 0 Å². The third-order valence-corrected chi connectivity index (χ3v) is 6.77. The van der Waals surface area contributed by atoms with Gasteiger partial charge in [-0.1, -0.05) is 36.4 Å². The topological polar surface area (TPSA) is 89.0 Å². The Morgan fingerprint density at radius 2 is 1.54 bits per heavy atom. The Hall–Kier alpha value is -4.49. The molecule has 5 rings (SSSR count). The Kier molecular flexibility index (Phi) is 6.93. The summed E-state index contributed by atoms with van der Waals surface area (Å²) in [7, 11) is 0. The second-order valence-electron chi connectivity index (χ2n) is 10.1.